The average molecular weight is 292 g/mol. The van der Waals surface area contributed by atoms with Crippen LogP contribution in [0.3, 0.4) is 0 Å². The Hall–Kier alpha value is -1.13. The number of rotatable bonds is 5. The molecule has 0 radical (unpaired) electrons. The molecule has 2 fully saturated rings. The molecule has 1 unspecified atom stereocenters. The zero-order valence-corrected chi connectivity index (χ0v) is 12.5. The van der Waals surface area contributed by atoms with E-state index in [0.29, 0.717) is 6.04 Å². The number of nitrogens with zero attached hydrogens (tertiary/aromatic N) is 1. The van der Waals surface area contributed by atoms with Gasteiger partial charge in [-0.1, -0.05) is 12.8 Å². The molecule has 0 amide bonds. The fourth-order valence-electron chi connectivity index (χ4n) is 3.61. The summed E-state index contributed by atoms with van der Waals surface area (Å²) in [5, 5.41) is 13.9. The highest BCUT2D eigenvalue weighted by Gasteiger charge is 2.31. The summed E-state index contributed by atoms with van der Waals surface area (Å²) in [7, 11) is 0. The van der Waals surface area contributed by atoms with Gasteiger partial charge in [0.2, 0.25) is 0 Å². The van der Waals surface area contributed by atoms with E-state index in [9.17, 15) is 9.50 Å². The van der Waals surface area contributed by atoms with E-state index < -0.39 is 5.60 Å². The van der Waals surface area contributed by atoms with Crippen LogP contribution in [0.1, 0.15) is 38.5 Å². The van der Waals surface area contributed by atoms with Gasteiger partial charge >= 0.3 is 0 Å². The maximum atomic E-state index is 12.9. The molecule has 0 aromatic heterocycles. The Morgan fingerprint density at radius 1 is 1.24 bits per heavy atom. The first-order chi connectivity index (χ1) is 10.1. The minimum absolute atomic E-state index is 0.183. The lowest BCUT2D eigenvalue weighted by molar-refractivity contribution is 0.0386. The van der Waals surface area contributed by atoms with Gasteiger partial charge < -0.3 is 15.3 Å². The van der Waals surface area contributed by atoms with E-state index in [1.165, 1.54) is 12.1 Å². The Morgan fingerprint density at radius 2 is 1.95 bits per heavy atom. The molecule has 3 rings (SSSR count). The topological polar surface area (TPSA) is 35.5 Å². The molecular formula is C17H25FN2O. The normalized spacial score (nSPS) is 24.7. The fourth-order valence-corrected chi connectivity index (χ4v) is 3.61. The lowest BCUT2D eigenvalue weighted by atomic mass is 9.98. The summed E-state index contributed by atoms with van der Waals surface area (Å²) in [4.78, 5) is 2.29. The van der Waals surface area contributed by atoms with Crippen LogP contribution in [0.15, 0.2) is 24.3 Å². The number of benzene rings is 1. The molecule has 21 heavy (non-hydrogen) atoms. The summed E-state index contributed by atoms with van der Waals surface area (Å²) in [6.45, 7) is 2.86. The smallest absolute Gasteiger partial charge is 0.123 e. The summed E-state index contributed by atoms with van der Waals surface area (Å²) in [6, 6.07) is 7.20. The Kier molecular flexibility index (Phi) is 4.45. The molecule has 1 aromatic rings. The molecule has 0 spiro atoms. The Labute approximate surface area is 126 Å². The van der Waals surface area contributed by atoms with E-state index in [2.05, 4.69) is 10.2 Å². The predicted molar refractivity (Wildman–Crippen MR) is 83.1 cm³/mol. The van der Waals surface area contributed by atoms with Gasteiger partial charge in [-0.25, -0.2) is 4.39 Å². The molecule has 1 atom stereocenters. The van der Waals surface area contributed by atoms with E-state index in [1.807, 2.05) is 12.1 Å². The molecule has 4 heteroatoms. The third-order valence-corrected chi connectivity index (χ3v) is 4.94. The molecule has 2 aliphatic rings. The van der Waals surface area contributed by atoms with Crippen molar-refractivity contribution in [1.82, 2.24) is 5.32 Å². The molecule has 1 aliphatic carbocycles. The lowest BCUT2D eigenvalue weighted by Gasteiger charge is -2.23. The third kappa shape index (κ3) is 3.74. The molecule has 2 N–H and O–H groups in total. The van der Waals surface area contributed by atoms with Crippen LogP contribution in [-0.4, -0.2) is 36.4 Å². The van der Waals surface area contributed by atoms with E-state index in [-0.39, 0.29) is 5.82 Å². The van der Waals surface area contributed by atoms with Gasteiger partial charge in [0.25, 0.3) is 0 Å². The van der Waals surface area contributed by atoms with Crippen LogP contribution in [0.2, 0.25) is 0 Å². The van der Waals surface area contributed by atoms with Crippen LogP contribution in [0.25, 0.3) is 0 Å². The van der Waals surface area contributed by atoms with Gasteiger partial charge in [0, 0.05) is 24.8 Å². The van der Waals surface area contributed by atoms with Gasteiger partial charge in [0.1, 0.15) is 5.82 Å². The van der Waals surface area contributed by atoms with Crippen molar-refractivity contribution in [3.63, 3.8) is 0 Å². The highest BCUT2D eigenvalue weighted by molar-refractivity contribution is 5.47. The largest absolute Gasteiger partial charge is 0.390 e. The van der Waals surface area contributed by atoms with Crippen molar-refractivity contribution >= 4 is 5.69 Å². The van der Waals surface area contributed by atoms with Crippen LogP contribution in [0.4, 0.5) is 10.1 Å². The summed E-state index contributed by atoms with van der Waals surface area (Å²) < 4.78 is 12.9. The first-order valence-corrected chi connectivity index (χ1v) is 8.11. The molecule has 1 heterocycles. The van der Waals surface area contributed by atoms with Crippen LogP contribution >= 0.6 is 0 Å². The van der Waals surface area contributed by atoms with Gasteiger partial charge in [0.15, 0.2) is 0 Å². The Bertz CT molecular complexity index is 456. The second kappa shape index (κ2) is 6.32. The van der Waals surface area contributed by atoms with Crippen LogP contribution in [0, 0.1) is 5.82 Å². The summed E-state index contributed by atoms with van der Waals surface area (Å²) in [5.41, 5.74) is 0.678. The molecule has 0 bridgehead atoms. The van der Waals surface area contributed by atoms with Crippen molar-refractivity contribution in [1.29, 1.82) is 0 Å². The predicted octanol–water partition coefficient (Wildman–Crippen LogP) is 2.69. The zero-order chi connectivity index (χ0) is 14.7. The number of hydrogen-bond donors (Lipinski definition) is 2. The molecule has 1 saturated heterocycles. The van der Waals surface area contributed by atoms with Gasteiger partial charge in [-0.15, -0.1) is 0 Å². The van der Waals surface area contributed by atoms with E-state index in [4.69, 9.17) is 0 Å². The van der Waals surface area contributed by atoms with E-state index >= 15 is 0 Å². The maximum absolute atomic E-state index is 12.9. The molecule has 1 saturated carbocycles. The summed E-state index contributed by atoms with van der Waals surface area (Å²) >= 11 is 0. The first-order valence-electron chi connectivity index (χ1n) is 8.11. The average Bonchev–Trinajstić information content (AvgIpc) is 3.10. The lowest BCUT2D eigenvalue weighted by Crippen LogP contribution is -2.37. The van der Waals surface area contributed by atoms with Gasteiger partial charge in [-0.05, 0) is 56.5 Å². The maximum Gasteiger partial charge on any atom is 0.123 e. The molecule has 1 aromatic carbocycles. The molecule has 116 valence electrons. The van der Waals surface area contributed by atoms with Gasteiger partial charge in [-0.2, -0.15) is 0 Å². The van der Waals surface area contributed by atoms with Crippen LogP contribution in [0.5, 0.6) is 0 Å². The number of hydrogen-bond acceptors (Lipinski definition) is 3. The second-order valence-corrected chi connectivity index (χ2v) is 6.54. The van der Waals surface area contributed by atoms with Gasteiger partial charge in [-0.3, -0.25) is 0 Å². The zero-order valence-electron chi connectivity index (χ0n) is 12.5. The van der Waals surface area contributed by atoms with E-state index in [0.717, 1.165) is 63.8 Å². The minimum atomic E-state index is -0.414. The third-order valence-electron chi connectivity index (χ3n) is 4.94. The van der Waals surface area contributed by atoms with Gasteiger partial charge in [0.05, 0.1) is 5.60 Å². The van der Waals surface area contributed by atoms with Crippen LogP contribution in [-0.2, 0) is 0 Å². The Morgan fingerprint density at radius 3 is 2.67 bits per heavy atom. The standard InChI is InChI=1S/C17H25FN2O/c18-14-3-5-16(6-4-14)20-12-7-15(13-20)19-11-10-17(21)8-1-2-9-17/h3-6,15,19,21H,1-2,7-13H2. The highest BCUT2D eigenvalue weighted by atomic mass is 19.1. The van der Waals surface area contributed by atoms with Crippen molar-refractivity contribution in [2.24, 2.45) is 0 Å². The first kappa shape index (κ1) is 14.8. The minimum Gasteiger partial charge on any atom is -0.390 e. The van der Waals surface area contributed by atoms with Crippen molar-refractivity contribution in [3.05, 3.63) is 30.1 Å². The summed E-state index contributed by atoms with van der Waals surface area (Å²) in [6.07, 6.45) is 6.22. The summed E-state index contributed by atoms with van der Waals surface area (Å²) in [5.74, 6) is -0.183. The fraction of sp³-hybridized carbons (Fsp3) is 0.647. The highest BCUT2D eigenvalue weighted by Crippen LogP contribution is 2.32. The van der Waals surface area contributed by atoms with Crippen LogP contribution < -0.4 is 10.2 Å². The quantitative estimate of drug-likeness (QED) is 0.876. The van der Waals surface area contributed by atoms with Crippen molar-refractivity contribution in [2.75, 3.05) is 24.5 Å². The monoisotopic (exact) mass is 292 g/mol. The second-order valence-electron chi connectivity index (χ2n) is 6.54. The number of halogens is 1. The SMILES string of the molecule is OC1(CCNC2CCN(c3ccc(F)cc3)C2)CCCC1. The molecular weight excluding hydrogens is 267 g/mol. The molecule has 3 nitrogen and oxygen atoms in total. The van der Waals surface area contributed by atoms with Crippen molar-refractivity contribution in [3.8, 4) is 0 Å². The number of nitrogens with one attached hydrogen (secondary N) is 1. The van der Waals surface area contributed by atoms with Crippen molar-refractivity contribution < 1.29 is 9.50 Å². The number of aliphatic hydroxyl groups is 1. The van der Waals surface area contributed by atoms with Crippen molar-refractivity contribution in [2.45, 2.75) is 50.2 Å². The number of anilines is 1. The Balaban J connectivity index is 1.43. The molecule has 1 aliphatic heterocycles. The van der Waals surface area contributed by atoms with E-state index in [1.54, 1.807) is 0 Å².